The highest BCUT2D eigenvalue weighted by Crippen LogP contribution is 2.39. The number of methoxy groups -OCH3 is 2. The lowest BCUT2D eigenvalue weighted by Crippen LogP contribution is -2.23. The van der Waals surface area contributed by atoms with Crippen molar-refractivity contribution in [2.24, 2.45) is 0 Å². The van der Waals surface area contributed by atoms with Crippen LogP contribution in [0.4, 0.5) is 0 Å². The molecule has 0 fully saturated rings. The number of phenols is 1. The molecule has 0 radical (unpaired) electrons. The number of aromatic hydroxyl groups is 1. The average Bonchev–Trinajstić information content (AvgIpc) is 2.75. The van der Waals surface area contributed by atoms with E-state index in [0.717, 1.165) is 11.1 Å². The third kappa shape index (κ3) is 3.14. The molecule has 5 nitrogen and oxygen atoms in total. The number of aryl methyl sites for hydroxylation is 2. The molecule has 0 atom stereocenters. The van der Waals surface area contributed by atoms with Gasteiger partial charge in [0, 0.05) is 11.1 Å². The molecule has 0 unspecified atom stereocenters. The molecule has 0 saturated carbocycles. The first-order valence-corrected chi connectivity index (χ1v) is 9.29. The third-order valence-corrected chi connectivity index (χ3v) is 5.25. The second-order valence-corrected chi connectivity index (χ2v) is 6.89. The van der Waals surface area contributed by atoms with Gasteiger partial charge >= 0.3 is 0 Å². The quantitative estimate of drug-likeness (QED) is 0.560. The van der Waals surface area contributed by atoms with Crippen molar-refractivity contribution in [1.29, 1.82) is 0 Å². The van der Waals surface area contributed by atoms with E-state index in [1.54, 1.807) is 36.4 Å². The van der Waals surface area contributed by atoms with Crippen LogP contribution in [0, 0.1) is 0 Å². The summed E-state index contributed by atoms with van der Waals surface area (Å²) in [5, 5.41) is 9.43. The van der Waals surface area contributed by atoms with Crippen LogP contribution >= 0.6 is 0 Å². The number of ketones is 2. The Hall–Kier alpha value is -3.60. The van der Waals surface area contributed by atoms with Gasteiger partial charge in [0.05, 0.1) is 25.3 Å². The number of hydrogen-bond acceptors (Lipinski definition) is 5. The van der Waals surface area contributed by atoms with Crippen LogP contribution in [-0.2, 0) is 12.8 Å². The van der Waals surface area contributed by atoms with Crippen molar-refractivity contribution < 1.29 is 24.2 Å². The Morgan fingerprint density at radius 2 is 1.48 bits per heavy atom. The molecular formula is C24H20O5. The highest BCUT2D eigenvalue weighted by atomic mass is 16.5. The van der Waals surface area contributed by atoms with Crippen molar-refractivity contribution >= 4 is 11.6 Å². The number of ether oxygens (including phenoxy) is 2. The minimum atomic E-state index is -0.268. The molecular weight excluding hydrogens is 368 g/mol. The summed E-state index contributed by atoms with van der Waals surface area (Å²) < 4.78 is 10.9. The number of rotatable bonds is 5. The van der Waals surface area contributed by atoms with E-state index in [2.05, 4.69) is 0 Å². The first-order chi connectivity index (χ1) is 14.0. The summed E-state index contributed by atoms with van der Waals surface area (Å²) in [6, 6.07) is 15.6. The Bertz CT molecular complexity index is 1110. The number of carbonyl (C=O) groups excluding carboxylic acids is 2. The van der Waals surface area contributed by atoms with E-state index in [-0.39, 0.29) is 28.4 Å². The minimum absolute atomic E-state index is 0.211. The molecule has 29 heavy (non-hydrogen) atoms. The minimum Gasteiger partial charge on any atom is -0.508 e. The second-order valence-electron chi connectivity index (χ2n) is 6.89. The van der Waals surface area contributed by atoms with E-state index >= 15 is 0 Å². The Morgan fingerprint density at radius 3 is 2.17 bits per heavy atom. The van der Waals surface area contributed by atoms with Crippen molar-refractivity contribution in [2.75, 3.05) is 14.2 Å². The predicted molar refractivity (Wildman–Crippen MR) is 108 cm³/mol. The highest BCUT2D eigenvalue weighted by Gasteiger charge is 2.35. The van der Waals surface area contributed by atoms with Crippen LogP contribution in [0.3, 0.4) is 0 Å². The van der Waals surface area contributed by atoms with E-state index < -0.39 is 0 Å². The second kappa shape index (κ2) is 7.43. The summed E-state index contributed by atoms with van der Waals surface area (Å²) in [5.41, 5.74) is 3.16. The molecule has 0 aromatic heterocycles. The zero-order chi connectivity index (χ0) is 20.5. The van der Waals surface area contributed by atoms with Gasteiger partial charge in [-0.15, -0.1) is 0 Å². The molecule has 3 aromatic carbocycles. The highest BCUT2D eigenvalue weighted by molar-refractivity contribution is 6.30. The first-order valence-electron chi connectivity index (χ1n) is 9.29. The zero-order valence-electron chi connectivity index (χ0n) is 16.2. The van der Waals surface area contributed by atoms with Crippen molar-refractivity contribution in [3.8, 4) is 17.2 Å². The van der Waals surface area contributed by atoms with Crippen LogP contribution in [-0.4, -0.2) is 30.9 Å². The maximum atomic E-state index is 13.3. The summed E-state index contributed by atoms with van der Waals surface area (Å²) >= 11 is 0. The molecule has 1 aliphatic carbocycles. The fraction of sp³-hybridized carbons (Fsp3) is 0.167. The maximum absolute atomic E-state index is 13.3. The number of carbonyl (C=O) groups is 2. The Kier molecular flexibility index (Phi) is 4.80. The summed E-state index contributed by atoms with van der Waals surface area (Å²) in [5.74, 6) is 0.545. The lowest BCUT2D eigenvalue weighted by atomic mass is 9.81. The van der Waals surface area contributed by atoms with Gasteiger partial charge in [0.25, 0.3) is 0 Å². The van der Waals surface area contributed by atoms with Gasteiger partial charge in [-0.25, -0.2) is 0 Å². The smallest absolute Gasteiger partial charge is 0.201 e. The molecule has 0 saturated heterocycles. The molecule has 4 rings (SSSR count). The summed E-state index contributed by atoms with van der Waals surface area (Å²) in [6.07, 6.45) is 1.33. The molecule has 0 amide bonds. The van der Waals surface area contributed by atoms with Gasteiger partial charge in [0.1, 0.15) is 17.2 Å². The molecule has 0 bridgehead atoms. The van der Waals surface area contributed by atoms with Crippen molar-refractivity contribution in [1.82, 2.24) is 0 Å². The van der Waals surface area contributed by atoms with Crippen molar-refractivity contribution in [3.05, 3.63) is 88.0 Å². The van der Waals surface area contributed by atoms with Gasteiger partial charge in [0.15, 0.2) is 5.78 Å². The lowest BCUT2D eigenvalue weighted by molar-refractivity contribution is 0.0973. The Morgan fingerprint density at radius 1 is 0.759 bits per heavy atom. The predicted octanol–water partition coefficient (Wildman–Crippen LogP) is 3.97. The van der Waals surface area contributed by atoms with Gasteiger partial charge in [-0.3, -0.25) is 9.59 Å². The summed E-state index contributed by atoms with van der Waals surface area (Å²) in [6.45, 7) is 0. The number of benzene rings is 3. The topological polar surface area (TPSA) is 72.8 Å². The number of fused-ring (bicyclic) bond motifs is 2. The molecule has 0 heterocycles. The molecule has 1 N–H and O–H groups in total. The Balaban J connectivity index is 1.76. The average molecular weight is 388 g/mol. The van der Waals surface area contributed by atoms with E-state index in [1.807, 2.05) is 18.2 Å². The fourth-order valence-corrected chi connectivity index (χ4v) is 3.81. The molecule has 0 spiro atoms. The molecule has 5 heteroatoms. The van der Waals surface area contributed by atoms with Crippen LogP contribution < -0.4 is 9.47 Å². The third-order valence-electron chi connectivity index (χ3n) is 5.25. The van der Waals surface area contributed by atoms with Crippen LogP contribution in [0.2, 0.25) is 0 Å². The normalized spacial score (nSPS) is 12.3. The van der Waals surface area contributed by atoms with Crippen LogP contribution in [0.15, 0.2) is 54.6 Å². The van der Waals surface area contributed by atoms with Gasteiger partial charge < -0.3 is 14.6 Å². The number of hydrogen-bond donors (Lipinski definition) is 1. The standard InChI is InChI=1S/C24H20O5/c1-28-19-5-3-4-17-20(19)23(27)21-18(22(17)26)13-10-15(24(21)29-2)9-6-14-7-11-16(25)12-8-14/h3-5,7-8,10-13,25H,6,9H2,1-2H3. The van der Waals surface area contributed by atoms with Crippen molar-refractivity contribution in [2.45, 2.75) is 12.8 Å². The summed E-state index contributed by atoms with van der Waals surface area (Å²) in [7, 11) is 2.99. The molecule has 1 aliphatic rings. The molecule has 0 aliphatic heterocycles. The number of phenolic OH excluding ortho intramolecular Hbond substituents is 1. The van der Waals surface area contributed by atoms with E-state index in [4.69, 9.17) is 9.47 Å². The monoisotopic (exact) mass is 388 g/mol. The van der Waals surface area contributed by atoms with Crippen molar-refractivity contribution in [3.63, 3.8) is 0 Å². The molecule has 3 aromatic rings. The van der Waals surface area contributed by atoms with Gasteiger partial charge in [-0.05, 0) is 48.2 Å². The van der Waals surface area contributed by atoms with Crippen LogP contribution in [0.25, 0.3) is 0 Å². The largest absolute Gasteiger partial charge is 0.508 e. The first kappa shape index (κ1) is 18.7. The maximum Gasteiger partial charge on any atom is 0.201 e. The van der Waals surface area contributed by atoms with Gasteiger partial charge in [-0.1, -0.05) is 30.3 Å². The SMILES string of the molecule is COc1cccc2c1C(=O)c1c(ccc(CCc3ccc(O)cc3)c1OC)C2=O. The van der Waals surface area contributed by atoms with Gasteiger partial charge in [0.2, 0.25) is 5.78 Å². The van der Waals surface area contributed by atoms with Gasteiger partial charge in [-0.2, -0.15) is 0 Å². The van der Waals surface area contributed by atoms with E-state index in [9.17, 15) is 14.7 Å². The fourth-order valence-electron chi connectivity index (χ4n) is 3.81. The Labute approximate surface area is 168 Å². The van der Waals surface area contributed by atoms with E-state index in [1.165, 1.54) is 14.2 Å². The van der Waals surface area contributed by atoms with E-state index in [0.29, 0.717) is 35.5 Å². The lowest BCUT2D eigenvalue weighted by Gasteiger charge is -2.23. The van der Waals surface area contributed by atoms with Crippen LogP contribution in [0.1, 0.15) is 43.0 Å². The summed E-state index contributed by atoms with van der Waals surface area (Å²) in [4.78, 5) is 26.4. The zero-order valence-corrected chi connectivity index (χ0v) is 16.2. The molecule has 146 valence electrons. The van der Waals surface area contributed by atoms with Crippen LogP contribution in [0.5, 0.6) is 17.2 Å².